The number of nitrogens with one attached hydrogen (secondary N) is 1. The number of nitrogens with zero attached hydrogens (tertiary/aromatic N) is 1. The van der Waals surface area contributed by atoms with Gasteiger partial charge in [-0.25, -0.2) is 5.41 Å². The van der Waals surface area contributed by atoms with Crippen molar-refractivity contribution in [3.8, 4) is 0 Å². The maximum atomic E-state index is 12.2. The predicted octanol–water partition coefficient (Wildman–Crippen LogP) is 3.09. The van der Waals surface area contributed by atoms with Crippen LogP contribution in [-0.2, 0) is 6.18 Å². The normalized spacial score (nSPS) is 10.7. The van der Waals surface area contributed by atoms with E-state index in [9.17, 15) is 13.2 Å². The van der Waals surface area contributed by atoms with E-state index in [1.807, 2.05) is 0 Å². The van der Waals surface area contributed by atoms with E-state index in [0.717, 1.165) is 6.07 Å². The van der Waals surface area contributed by atoms with Crippen molar-refractivity contribution < 1.29 is 13.2 Å². The van der Waals surface area contributed by atoms with Crippen LogP contribution in [0.5, 0.6) is 0 Å². The van der Waals surface area contributed by atoms with Gasteiger partial charge in [-0.05, 0) is 12.1 Å². The molecule has 0 radical (unpaired) electrons. The number of benzene rings is 1. The Hall–Kier alpha value is -1.61. The van der Waals surface area contributed by atoms with E-state index in [0.29, 0.717) is 0 Å². The van der Waals surface area contributed by atoms with Crippen LogP contribution in [0.25, 0.3) is 0 Å². The summed E-state index contributed by atoms with van der Waals surface area (Å²) in [6.45, 7) is 0. The molecule has 0 unspecified atom stereocenters. The van der Waals surface area contributed by atoms with E-state index in [1.165, 1.54) is 18.2 Å². The van der Waals surface area contributed by atoms with Crippen LogP contribution >= 0.6 is 0 Å². The van der Waals surface area contributed by atoms with Gasteiger partial charge in [0.25, 0.3) is 0 Å². The first-order chi connectivity index (χ1) is 6.05. The van der Waals surface area contributed by atoms with Crippen LogP contribution in [0.2, 0.25) is 0 Å². The summed E-state index contributed by atoms with van der Waals surface area (Å²) >= 11 is 0. The molecule has 5 heteroatoms. The van der Waals surface area contributed by atoms with Gasteiger partial charge in [0.2, 0.25) is 0 Å². The zero-order chi connectivity index (χ0) is 9.90. The lowest BCUT2D eigenvalue weighted by Crippen LogP contribution is -2.04. The fourth-order valence-electron chi connectivity index (χ4n) is 0.871. The van der Waals surface area contributed by atoms with Crippen molar-refractivity contribution >= 4 is 11.7 Å². The molecular formula is C8H5F3N2. The summed E-state index contributed by atoms with van der Waals surface area (Å²) in [7, 11) is 0. The fourth-order valence-corrected chi connectivity index (χ4v) is 0.871. The molecule has 0 aliphatic carbocycles. The zero-order valence-corrected chi connectivity index (χ0v) is 6.39. The van der Waals surface area contributed by atoms with Crippen molar-refractivity contribution in [3.63, 3.8) is 0 Å². The van der Waals surface area contributed by atoms with Gasteiger partial charge < -0.3 is 0 Å². The highest BCUT2D eigenvalue weighted by Gasteiger charge is 2.32. The quantitative estimate of drug-likeness (QED) is 0.654. The van der Waals surface area contributed by atoms with Gasteiger partial charge in [0.1, 0.15) is 0 Å². The van der Waals surface area contributed by atoms with Crippen LogP contribution in [-0.4, -0.2) is 6.01 Å². The molecule has 0 aliphatic rings. The summed E-state index contributed by atoms with van der Waals surface area (Å²) in [6, 6.07) is 6.36. The van der Waals surface area contributed by atoms with Gasteiger partial charge in [0, 0.05) is 0 Å². The van der Waals surface area contributed by atoms with Crippen LogP contribution in [0.1, 0.15) is 5.56 Å². The third-order valence-electron chi connectivity index (χ3n) is 1.39. The average Bonchev–Trinajstić information content (AvgIpc) is 2.04. The molecule has 0 spiro atoms. The maximum absolute atomic E-state index is 12.2. The number of hydrogen-bond acceptors (Lipinski definition) is 2. The fraction of sp³-hybridized carbons (Fsp3) is 0.125. The Balaban J connectivity index is 3.27. The minimum absolute atomic E-state index is 0.287. The molecule has 13 heavy (non-hydrogen) atoms. The minimum atomic E-state index is -4.43. The SMILES string of the molecule is N=C=Nc1ccccc1C(F)(F)F. The molecule has 1 aromatic carbocycles. The molecule has 0 saturated carbocycles. The number of hydrogen-bond donors (Lipinski definition) is 1. The van der Waals surface area contributed by atoms with Crippen LogP contribution in [0.15, 0.2) is 29.3 Å². The lowest BCUT2D eigenvalue weighted by atomic mass is 10.2. The van der Waals surface area contributed by atoms with Gasteiger partial charge >= 0.3 is 6.18 Å². The van der Waals surface area contributed by atoms with Crippen molar-refractivity contribution in [1.82, 2.24) is 0 Å². The Kier molecular flexibility index (Phi) is 2.49. The Labute approximate surface area is 72.2 Å². The summed E-state index contributed by atoms with van der Waals surface area (Å²) in [5.74, 6) is 0. The Morgan fingerprint density at radius 3 is 2.38 bits per heavy atom. The van der Waals surface area contributed by atoms with Gasteiger partial charge in [-0.2, -0.15) is 18.2 Å². The Bertz CT molecular complexity index is 351. The first-order valence-corrected chi connectivity index (χ1v) is 3.34. The lowest BCUT2D eigenvalue weighted by Gasteiger charge is -2.07. The van der Waals surface area contributed by atoms with Crippen molar-refractivity contribution in [2.24, 2.45) is 4.99 Å². The maximum Gasteiger partial charge on any atom is 0.418 e. The van der Waals surface area contributed by atoms with E-state index < -0.39 is 11.7 Å². The molecular weight excluding hydrogens is 181 g/mol. The molecule has 1 aromatic rings. The highest BCUT2D eigenvalue weighted by molar-refractivity contribution is 5.55. The Morgan fingerprint density at radius 1 is 1.23 bits per heavy atom. The first-order valence-electron chi connectivity index (χ1n) is 3.34. The number of para-hydroxylation sites is 1. The molecule has 0 fully saturated rings. The number of aliphatic imine (C=N–C) groups is 1. The molecule has 0 saturated heterocycles. The summed E-state index contributed by atoms with van der Waals surface area (Å²) < 4.78 is 36.7. The molecule has 1 rings (SSSR count). The van der Waals surface area contributed by atoms with Crippen LogP contribution in [0.3, 0.4) is 0 Å². The van der Waals surface area contributed by atoms with E-state index in [-0.39, 0.29) is 5.69 Å². The molecule has 0 atom stereocenters. The lowest BCUT2D eigenvalue weighted by molar-refractivity contribution is -0.137. The molecule has 0 heterocycles. The summed E-state index contributed by atoms with van der Waals surface area (Å²) in [6.07, 6.45) is -4.43. The van der Waals surface area contributed by atoms with Crippen LogP contribution in [0.4, 0.5) is 18.9 Å². The first kappa shape index (κ1) is 9.48. The van der Waals surface area contributed by atoms with Gasteiger partial charge in [0.05, 0.1) is 17.3 Å². The molecule has 1 N–H and O–H groups in total. The molecule has 0 amide bonds. The van der Waals surface area contributed by atoms with Gasteiger partial charge in [-0.1, -0.05) is 12.1 Å². The summed E-state index contributed by atoms with van der Waals surface area (Å²) in [4.78, 5) is 3.17. The van der Waals surface area contributed by atoms with Gasteiger partial charge in [0.15, 0.2) is 0 Å². The van der Waals surface area contributed by atoms with Crippen molar-refractivity contribution in [2.45, 2.75) is 6.18 Å². The van der Waals surface area contributed by atoms with E-state index >= 15 is 0 Å². The van der Waals surface area contributed by atoms with Crippen LogP contribution < -0.4 is 0 Å². The predicted molar refractivity (Wildman–Crippen MR) is 41.3 cm³/mol. The second kappa shape index (κ2) is 3.41. The highest BCUT2D eigenvalue weighted by Crippen LogP contribution is 2.35. The van der Waals surface area contributed by atoms with Crippen molar-refractivity contribution in [2.75, 3.05) is 0 Å². The number of alkyl halides is 3. The van der Waals surface area contributed by atoms with Gasteiger partial charge in [-0.15, -0.1) is 0 Å². The molecule has 2 nitrogen and oxygen atoms in total. The second-order valence-electron chi connectivity index (χ2n) is 2.24. The van der Waals surface area contributed by atoms with Crippen LogP contribution in [0, 0.1) is 5.41 Å². The van der Waals surface area contributed by atoms with Gasteiger partial charge in [-0.3, -0.25) is 0 Å². The second-order valence-corrected chi connectivity index (χ2v) is 2.24. The zero-order valence-electron chi connectivity index (χ0n) is 6.39. The summed E-state index contributed by atoms with van der Waals surface area (Å²) in [5.41, 5.74) is -1.14. The average molecular weight is 186 g/mol. The third kappa shape index (κ3) is 2.16. The monoisotopic (exact) mass is 186 g/mol. The van der Waals surface area contributed by atoms with E-state index in [1.54, 1.807) is 6.01 Å². The molecule has 0 aromatic heterocycles. The van der Waals surface area contributed by atoms with E-state index in [4.69, 9.17) is 5.41 Å². The summed E-state index contributed by atoms with van der Waals surface area (Å²) in [5, 5.41) is 6.46. The topological polar surface area (TPSA) is 36.2 Å². The number of halogens is 3. The largest absolute Gasteiger partial charge is 0.418 e. The molecule has 0 aliphatic heterocycles. The van der Waals surface area contributed by atoms with E-state index in [2.05, 4.69) is 4.99 Å². The molecule has 0 bridgehead atoms. The highest BCUT2D eigenvalue weighted by atomic mass is 19.4. The molecule has 68 valence electrons. The standard InChI is InChI=1S/C8H5F3N2/c9-8(10,11)6-3-1-2-4-7(6)13-5-12/h1-4,12H. The Morgan fingerprint density at radius 2 is 1.85 bits per heavy atom. The van der Waals surface area contributed by atoms with Crippen molar-refractivity contribution in [3.05, 3.63) is 29.8 Å². The van der Waals surface area contributed by atoms with Crippen molar-refractivity contribution in [1.29, 1.82) is 5.41 Å². The smallest absolute Gasteiger partial charge is 0.241 e. The minimum Gasteiger partial charge on any atom is -0.241 e. The number of rotatable bonds is 1. The third-order valence-corrected chi connectivity index (χ3v) is 1.39.